The van der Waals surface area contributed by atoms with Crippen molar-refractivity contribution in [3.63, 3.8) is 0 Å². The highest BCUT2D eigenvalue weighted by Gasteiger charge is 2.28. The van der Waals surface area contributed by atoms with Crippen LogP contribution in [0.2, 0.25) is 0 Å². The van der Waals surface area contributed by atoms with Gasteiger partial charge in [-0.25, -0.2) is 8.42 Å². The molecule has 0 spiro atoms. The van der Waals surface area contributed by atoms with Crippen LogP contribution in [0.5, 0.6) is 0 Å². The number of hydrogen-bond donors (Lipinski definition) is 0. The SMILES string of the molecule is CCc1ccc(N2CCN(S(=O)(=O)c3ccc(CC)cc3)CC2)cc1. The van der Waals surface area contributed by atoms with E-state index in [0.29, 0.717) is 18.0 Å². The second-order valence-corrected chi connectivity index (χ2v) is 8.35. The Labute approximate surface area is 151 Å². The number of hydrogen-bond acceptors (Lipinski definition) is 3. The van der Waals surface area contributed by atoms with E-state index in [4.69, 9.17) is 0 Å². The Balaban J connectivity index is 1.67. The van der Waals surface area contributed by atoms with Gasteiger partial charge < -0.3 is 4.90 Å². The highest BCUT2D eigenvalue weighted by Crippen LogP contribution is 2.22. The second-order valence-electron chi connectivity index (χ2n) is 6.41. The molecule has 0 saturated carbocycles. The van der Waals surface area contributed by atoms with Crippen LogP contribution in [0.3, 0.4) is 0 Å². The fourth-order valence-corrected chi connectivity index (χ4v) is 4.60. The number of nitrogens with zero attached hydrogens (tertiary/aromatic N) is 2. The van der Waals surface area contributed by atoms with Crippen LogP contribution in [0.25, 0.3) is 0 Å². The molecule has 0 aliphatic carbocycles. The first-order valence-electron chi connectivity index (χ1n) is 8.97. The molecule has 2 aromatic carbocycles. The van der Waals surface area contributed by atoms with Gasteiger partial charge in [0.1, 0.15) is 0 Å². The Hall–Kier alpha value is -1.85. The minimum absolute atomic E-state index is 0.394. The van der Waals surface area contributed by atoms with Crippen molar-refractivity contribution in [1.82, 2.24) is 4.31 Å². The second kappa shape index (κ2) is 7.58. The maximum Gasteiger partial charge on any atom is 0.243 e. The fourth-order valence-electron chi connectivity index (χ4n) is 3.18. The predicted octanol–water partition coefficient (Wildman–Crippen LogP) is 3.32. The van der Waals surface area contributed by atoms with E-state index in [0.717, 1.165) is 31.5 Å². The molecule has 0 atom stereocenters. The maximum absolute atomic E-state index is 12.8. The van der Waals surface area contributed by atoms with Gasteiger partial charge in [0, 0.05) is 31.9 Å². The van der Waals surface area contributed by atoms with Crippen LogP contribution in [0.15, 0.2) is 53.4 Å². The summed E-state index contributed by atoms with van der Waals surface area (Å²) >= 11 is 0. The third-order valence-electron chi connectivity index (χ3n) is 4.92. The Bertz CT molecular complexity index is 791. The zero-order valence-electron chi connectivity index (χ0n) is 15.0. The van der Waals surface area contributed by atoms with Crippen LogP contribution in [-0.4, -0.2) is 38.9 Å². The molecule has 0 amide bonds. The van der Waals surface area contributed by atoms with Crippen molar-refractivity contribution < 1.29 is 8.42 Å². The molecule has 0 unspecified atom stereocenters. The van der Waals surface area contributed by atoms with E-state index in [1.165, 1.54) is 11.3 Å². The molecule has 3 rings (SSSR count). The van der Waals surface area contributed by atoms with Gasteiger partial charge in [-0.1, -0.05) is 38.1 Å². The predicted molar refractivity (Wildman–Crippen MR) is 103 cm³/mol. The van der Waals surface area contributed by atoms with E-state index in [2.05, 4.69) is 43.0 Å². The monoisotopic (exact) mass is 358 g/mol. The minimum Gasteiger partial charge on any atom is -0.369 e. The van der Waals surface area contributed by atoms with Crippen molar-refractivity contribution in [3.8, 4) is 0 Å². The van der Waals surface area contributed by atoms with Gasteiger partial charge >= 0.3 is 0 Å². The molecule has 2 aromatic rings. The van der Waals surface area contributed by atoms with E-state index in [-0.39, 0.29) is 0 Å². The van der Waals surface area contributed by atoms with Crippen LogP contribution in [0.4, 0.5) is 5.69 Å². The van der Waals surface area contributed by atoms with Gasteiger partial charge in [0.05, 0.1) is 4.90 Å². The summed E-state index contributed by atoms with van der Waals surface area (Å²) in [6.07, 6.45) is 1.94. The van der Waals surface area contributed by atoms with Crippen LogP contribution in [0.1, 0.15) is 25.0 Å². The van der Waals surface area contributed by atoms with Crippen molar-refractivity contribution >= 4 is 15.7 Å². The molecule has 1 heterocycles. The quantitative estimate of drug-likeness (QED) is 0.823. The van der Waals surface area contributed by atoms with Gasteiger partial charge in [0.25, 0.3) is 0 Å². The lowest BCUT2D eigenvalue weighted by molar-refractivity contribution is 0.385. The summed E-state index contributed by atoms with van der Waals surface area (Å²) in [6, 6.07) is 15.8. The third-order valence-corrected chi connectivity index (χ3v) is 6.83. The van der Waals surface area contributed by atoms with Crippen molar-refractivity contribution in [2.75, 3.05) is 31.1 Å². The zero-order chi connectivity index (χ0) is 17.9. The van der Waals surface area contributed by atoms with E-state index in [9.17, 15) is 8.42 Å². The van der Waals surface area contributed by atoms with Gasteiger partial charge in [-0.15, -0.1) is 0 Å². The summed E-state index contributed by atoms with van der Waals surface area (Å²) in [7, 11) is -3.40. The number of benzene rings is 2. The smallest absolute Gasteiger partial charge is 0.243 e. The molecule has 1 aliphatic heterocycles. The summed E-state index contributed by atoms with van der Waals surface area (Å²) in [5, 5.41) is 0. The Morgan fingerprint density at radius 2 is 1.24 bits per heavy atom. The van der Waals surface area contributed by atoms with E-state index in [1.807, 2.05) is 12.1 Å². The lowest BCUT2D eigenvalue weighted by Crippen LogP contribution is -2.48. The molecule has 0 bridgehead atoms. The summed E-state index contributed by atoms with van der Waals surface area (Å²) < 4.78 is 27.2. The van der Waals surface area contributed by atoms with Gasteiger partial charge in [-0.05, 0) is 48.2 Å². The lowest BCUT2D eigenvalue weighted by Gasteiger charge is -2.35. The van der Waals surface area contributed by atoms with Gasteiger partial charge in [-0.3, -0.25) is 0 Å². The number of anilines is 1. The highest BCUT2D eigenvalue weighted by atomic mass is 32.2. The fraction of sp³-hybridized carbons (Fsp3) is 0.400. The number of sulfonamides is 1. The molecular formula is C20H26N2O2S. The Morgan fingerprint density at radius 1 is 0.760 bits per heavy atom. The van der Waals surface area contributed by atoms with Crippen LogP contribution >= 0.6 is 0 Å². The molecule has 0 N–H and O–H groups in total. The summed E-state index contributed by atoms with van der Waals surface area (Å²) in [6.45, 7) is 6.69. The highest BCUT2D eigenvalue weighted by molar-refractivity contribution is 7.89. The third kappa shape index (κ3) is 3.88. The van der Waals surface area contributed by atoms with Crippen molar-refractivity contribution in [1.29, 1.82) is 0 Å². The van der Waals surface area contributed by atoms with Crippen molar-refractivity contribution in [2.24, 2.45) is 0 Å². The zero-order valence-corrected chi connectivity index (χ0v) is 15.8. The summed E-state index contributed by atoms with van der Waals surface area (Å²) in [4.78, 5) is 2.65. The van der Waals surface area contributed by atoms with Crippen molar-refractivity contribution in [2.45, 2.75) is 31.6 Å². The van der Waals surface area contributed by atoms with E-state index in [1.54, 1.807) is 16.4 Å². The minimum atomic E-state index is -3.40. The summed E-state index contributed by atoms with van der Waals surface area (Å²) in [5.41, 5.74) is 3.64. The molecule has 1 aliphatic rings. The molecule has 0 radical (unpaired) electrons. The molecular weight excluding hydrogens is 332 g/mol. The number of piperazine rings is 1. The molecule has 25 heavy (non-hydrogen) atoms. The van der Waals surface area contributed by atoms with Crippen LogP contribution < -0.4 is 4.90 Å². The van der Waals surface area contributed by atoms with Gasteiger partial charge in [0.2, 0.25) is 10.0 Å². The van der Waals surface area contributed by atoms with Crippen LogP contribution in [0, 0.1) is 0 Å². The number of rotatable bonds is 5. The first-order valence-corrected chi connectivity index (χ1v) is 10.4. The first kappa shape index (κ1) is 18.0. The van der Waals surface area contributed by atoms with Crippen LogP contribution in [-0.2, 0) is 22.9 Å². The molecule has 1 saturated heterocycles. The Kier molecular flexibility index (Phi) is 5.45. The molecule has 5 heteroatoms. The number of aryl methyl sites for hydroxylation is 2. The average Bonchev–Trinajstić information content (AvgIpc) is 2.68. The standard InChI is InChI=1S/C20H26N2O2S/c1-3-17-5-9-19(10-6-17)21-13-15-22(16-14-21)25(23,24)20-11-7-18(4-2)8-12-20/h5-12H,3-4,13-16H2,1-2H3. The van der Waals surface area contributed by atoms with Gasteiger partial charge in [-0.2, -0.15) is 4.31 Å². The average molecular weight is 359 g/mol. The molecule has 0 aromatic heterocycles. The Morgan fingerprint density at radius 3 is 1.72 bits per heavy atom. The molecule has 1 fully saturated rings. The van der Waals surface area contributed by atoms with Crippen molar-refractivity contribution in [3.05, 3.63) is 59.7 Å². The summed E-state index contributed by atoms with van der Waals surface area (Å²) in [5.74, 6) is 0. The first-order chi connectivity index (χ1) is 12.0. The van der Waals surface area contributed by atoms with E-state index < -0.39 is 10.0 Å². The molecule has 134 valence electrons. The largest absolute Gasteiger partial charge is 0.369 e. The normalized spacial score (nSPS) is 16.2. The van der Waals surface area contributed by atoms with E-state index >= 15 is 0 Å². The lowest BCUT2D eigenvalue weighted by atomic mass is 10.1. The maximum atomic E-state index is 12.8. The molecule has 4 nitrogen and oxygen atoms in total. The topological polar surface area (TPSA) is 40.6 Å². The van der Waals surface area contributed by atoms with Gasteiger partial charge in [0.15, 0.2) is 0 Å².